The van der Waals surface area contributed by atoms with Crippen molar-refractivity contribution < 1.29 is 19.1 Å². The Labute approximate surface area is 172 Å². The smallest absolute Gasteiger partial charge is 0.408 e. The average molecular weight is 402 g/mol. The van der Waals surface area contributed by atoms with E-state index in [1.54, 1.807) is 27.0 Å². The van der Waals surface area contributed by atoms with Crippen LogP contribution in [0.2, 0.25) is 0 Å². The Bertz CT molecular complexity index is 793. The standard InChI is InChI=1S/C22H31N3O4/c1-14(2)11-18(24-21(27)29-22(4,5)6)20(26)25-23-13-17-12-16-9-7-8-10-19(16)28-15(17)3/h7-10,12-15,18H,11H2,1-6H3,(H,24,27)(H,25,26)/b23-13-/t15-,18-/m1/s1. The Kier molecular flexibility index (Phi) is 7.42. The van der Waals surface area contributed by atoms with E-state index < -0.39 is 23.6 Å². The van der Waals surface area contributed by atoms with Crippen molar-refractivity contribution in [1.82, 2.24) is 10.7 Å². The van der Waals surface area contributed by atoms with Gasteiger partial charge in [-0.05, 0) is 52.2 Å². The van der Waals surface area contributed by atoms with Crippen LogP contribution < -0.4 is 15.5 Å². The molecule has 2 atom stereocenters. The number of carbonyl (C=O) groups excluding carboxylic acids is 2. The lowest BCUT2D eigenvalue weighted by Crippen LogP contribution is -2.47. The molecule has 29 heavy (non-hydrogen) atoms. The fourth-order valence-electron chi connectivity index (χ4n) is 2.81. The van der Waals surface area contributed by atoms with Crippen LogP contribution in [-0.4, -0.2) is 36.0 Å². The first-order chi connectivity index (χ1) is 13.5. The van der Waals surface area contributed by atoms with Crippen LogP contribution >= 0.6 is 0 Å². The predicted octanol–water partition coefficient (Wildman–Crippen LogP) is 3.89. The van der Waals surface area contributed by atoms with Gasteiger partial charge in [0.05, 0.1) is 6.21 Å². The lowest BCUT2D eigenvalue weighted by atomic mass is 10.0. The van der Waals surface area contributed by atoms with E-state index in [1.807, 2.05) is 51.1 Å². The third-order valence-corrected chi connectivity index (χ3v) is 4.12. The molecule has 1 aliphatic rings. The van der Waals surface area contributed by atoms with E-state index >= 15 is 0 Å². The predicted molar refractivity (Wildman–Crippen MR) is 114 cm³/mol. The molecule has 0 aliphatic carbocycles. The second kappa shape index (κ2) is 9.58. The molecular formula is C22H31N3O4. The summed E-state index contributed by atoms with van der Waals surface area (Å²) in [5.41, 5.74) is 3.67. The van der Waals surface area contributed by atoms with Gasteiger partial charge in [0.15, 0.2) is 0 Å². The first kappa shape index (κ1) is 22.5. The SMILES string of the molecule is CC(C)C[C@@H](NC(=O)OC(C)(C)C)C(=O)N/N=C\C1=Cc2ccccc2O[C@@H]1C. The summed E-state index contributed by atoms with van der Waals surface area (Å²) >= 11 is 0. The van der Waals surface area contributed by atoms with Crippen LogP contribution in [0.4, 0.5) is 4.79 Å². The number of fused-ring (bicyclic) bond motifs is 1. The molecule has 2 N–H and O–H groups in total. The topological polar surface area (TPSA) is 89.0 Å². The first-order valence-electron chi connectivity index (χ1n) is 9.85. The van der Waals surface area contributed by atoms with E-state index in [0.29, 0.717) is 6.42 Å². The number of nitrogens with one attached hydrogen (secondary N) is 2. The van der Waals surface area contributed by atoms with Gasteiger partial charge in [0.1, 0.15) is 23.5 Å². The van der Waals surface area contributed by atoms with Gasteiger partial charge in [-0.1, -0.05) is 32.0 Å². The molecule has 1 aromatic carbocycles. The van der Waals surface area contributed by atoms with Gasteiger partial charge < -0.3 is 14.8 Å². The highest BCUT2D eigenvalue weighted by Crippen LogP contribution is 2.28. The minimum Gasteiger partial charge on any atom is -0.485 e. The molecule has 0 bridgehead atoms. The quantitative estimate of drug-likeness (QED) is 0.559. The Hall–Kier alpha value is -2.83. The summed E-state index contributed by atoms with van der Waals surface area (Å²) in [6.07, 6.45) is 3.20. The molecular weight excluding hydrogens is 370 g/mol. The maximum absolute atomic E-state index is 12.6. The third-order valence-electron chi connectivity index (χ3n) is 4.12. The van der Waals surface area contributed by atoms with Gasteiger partial charge in [0, 0.05) is 11.1 Å². The van der Waals surface area contributed by atoms with Crippen molar-refractivity contribution in [2.45, 2.75) is 65.7 Å². The molecule has 0 spiro atoms. The minimum atomic E-state index is -0.739. The van der Waals surface area contributed by atoms with Crippen LogP contribution in [0.5, 0.6) is 5.75 Å². The van der Waals surface area contributed by atoms with Crippen molar-refractivity contribution in [3.05, 3.63) is 35.4 Å². The summed E-state index contributed by atoms with van der Waals surface area (Å²) in [6.45, 7) is 11.2. The van der Waals surface area contributed by atoms with Crippen LogP contribution in [-0.2, 0) is 9.53 Å². The van der Waals surface area contributed by atoms with Crippen molar-refractivity contribution in [1.29, 1.82) is 0 Å². The zero-order valence-corrected chi connectivity index (χ0v) is 18.0. The molecule has 0 aromatic heterocycles. The fraction of sp³-hybridized carbons (Fsp3) is 0.500. The molecule has 0 unspecified atom stereocenters. The molecule has 158 valence electrons. The highest BCUT2D eigenvalue weighted by Gasteiger charge is 2.25. The number of para-hydroxylation sites is 1. The Morgan fingerprint density at radius 2 is 1.97 bits per heavy atom. The van der Waals surface area contributed by atoms with Crippen molar-refractivity contribution in [3.8, 4) is 5.75 Å². The van der Waals surface area contributed by atoms with Crippen molar-refractivity contribution >= 4 is 24.3 Å². The molecule has 0 saturated carbocycles. The molecule has 2 amide bonds. The van der Waals surface area contributed by atoms with Gasteiger partial charge in [-0.25, -0.2) is 10.2 Å². The van der Waals surface area contributed by atoms with E-state index in [9.17, 15) is 9.59 Å². The summed E-state index contributed by atoms with van der Waals surface area (Å²) in [5.74, 6) is 0.626. The average Bonchev–Trinajstić information content (AvgIpc) is 2.59. The molecule has 7 nitrogen and oxygen atoms in total. The summed E-state index contributed by atoms with van der Waals surface area (Å²) in [4.78, 5) is 24.6. The maximum atomic E-state index is 12.6. The zero-order chi connectivity index (χ0) is 21.6. The first-order valence-corrected chi connectivity index (χ1v) is 9.85. The Balaban J connectivity index is 2.02. The molecule has 0 saturated heterocycles. The summed E-state index contributed by atoms with van der Waals surface area (Å²) in [5, 5.41) is 6.69. The van der Waals surface area contributed by atoms with Crippen LogP contribution in [0, 0.1) is 5.92 Å². The number of hydrazone groups is 1. The second-order valence-corrected chi connectivity index (χ2v) is 8.50. The monoisotopic (exact) mass is 401 g/mol. The molecule has 1 aromatic rings. The maximum Gasteiger partial charge on any atom is 0.408 e. The van der Waals surface area contributed by atoms with Crippen LogP contribution in [0.15, 0.2) is 34.9 Å². The number of nitrogens with zero attached hydrogens (tertiary/aromatic N) is 1. The number of carbonyl (C=O) groups is 2. The highest BCUT2D eigenvalue weighted by atomic mass is 16.6. The number of hydrogen-bond acceptors (Lipinski definition) is 5. The largest absolute Gasteiger partial charge is 0.485 e. The van der Waals surface area contributed by atoms with Crippen molar-refractivity contribution in [2.75, 3.05) is 0 Å². The van der Waals surface area contributed by atoms with Gasteiger partial charge >= 0.3 is 6.09 Å². The van der Waals surface area contributed by atoms with Gasteiger partial charge in [0.2, 0.25) is 0 Å². The van der Waals surface area contributed by atoms with E-state index in [-0.39, 0.29) is 12.0 Å². The minimum absolute atomic E-state index is 0.183. The lowest BCUT2D eigenvalue weighted by Gasteiger charge is -2.24. The van der Waals surface area contributed by atoms with Crippen LogP contribution in [0.1, 0.15) is 53.5 Å². The van der Waals surface area contributed by atoms with E-state index in [2.05, 4.69) is 15.8 Å². The summed E-state index contributed by atoms with van der Waals surface area (Å²) in [6, 6.07) is 6.99. The third kappa shape index (κ3) is 7.25. The number of amides is 2. The lowest BCUT2D eigenvalue weighted by molar-refractivity contribution is -0.123. The molecule has 1 aliphatic heterocycles. The molecule has 0 fully saturated rings. The van der Waals surface area contributed by atoms with Crippen LogP contribution in [0.3, 0.4) is 0 Å². The van der Waals surface area contributed by atoms with Gasteiger partial charge in [-0.2, -0.15) is 5.10 Å². The summed E-state index contributed by atoms with van der Waals surface area (Å²) < 4.78 is 11.1. The number of hydrogen-bond donors (Lipinski definition) is 2. The number of alkyl carbamates (subject to hydrolysis) is 1. The van der Waals surface area contributed by atoms with Crippen molar-refractivity contribution in [3.63, 3.8) is 0 Å². The normalized spacial score (nSPS) is 17.2. The van der Waals surface area contributed by atoms with E-state index in [0.717, 1.165) is 16.9 Å². The van der Waals surface area contributed by atoms with E-state index in [4.69, 9.17) is 9.47 Å². The highest BCUT2D eigenvalue weighted by molar-refractivity contribution is 5.90. The fourth-order valence-corrected chi connectivity index (χ4v) is 2.81. The summed E-state index contributed by atoms with van der Waals surface area (Å²) in [7, 11) is 0. The van der Waals surface area contributed by atoms with Crippen LogP contribution in [0.25, 0.3) is 6.08 Å². The Morgan fingerprint density at radius 1 is 1.28 bits per heavy atom. The molecule has 7 heteroatoms. The molecule has 0 radical (unpaired) electrons. The van der Waals surface area contributed by atoms with Crippen molar-refractivity contribution in [2.24, 2.45) is 11.0 Å². The number of ether oxygens (including phenoxy) is 2. The number of rotatable bonds is 6. The van der Waals surface area contributed by atoms with Gasteiger partial charge in [-0.15, -0.1) is 0 Å². The van der Waals surface area contributed by atoms with E-state index in [1.165, 1.54) is 0 Å². The zero-order valence-electron chi connectivity index (χ0n) is 18.0. The Morgan fingerprint density at radius 3 is 2.62 bits per heavy atom. The molecule has 1 heterocycles. The molecule has 2 rings (SSSR count). The number of benzene rings is 1. The van der Waals surface area contributed by atoms with Gasteiger partial charge in [0.25, 0.3) is 5.91 Å². The van der Waals surface area contributed by atoms with Gasteiger partial charge in [-0.3, -0.25) is 4.79 Å². The second-order valence-electron chi connectivity index (χ2n) is 8.50.